The lowest BCUT2D eigenvalue weighted by Crippen LogP contribution is -2.53. The van der Waals surface area contributed by atoms with E-state index in [4.69, 9.17) is 0 Å². The minimum atomic E-state index is -0.122. The van der Waals surface area contributed by atoms with Crippen molar-refractivity contribution in [3.8, 4) is 0 Å². The van der Waals surface area contributed by atoms with Gasteiger partial charge in [0.2, 0.25) is 11.8 Å². The summed E-state index contributed by atoms with van der Waals surface area (Å²) in [5.41, 5.74) is 0. The van der Waals surface area contributed by atoms with Crippen molar-refractivity contribution in [3.05, 3.63) is 22.4 Å². The summed E-state index contributed by atoms with van der Waals surface area (Å²) < 4.78 is 0. The monoisotopic (exact) mass is 378 g/mol. The Labute approximate surface area is 158 Å². The standard InChI is InChI=1S/C18H26N4O3S/c1-19(18(25)15-5-4-12-26-15)13-16(23)22-10-8-20(9-11-22)14-17(24)21-6-2-3-7-21/h4-5,12H,2-3,6-11,13-14H2,1H3. The summed E-state index contributed by atoms with van der Waals surface area (Å²) in [6, 6.07) is 3.60. The molecule has 142 valence electrons. The number of hydrogen-bond acceptors (Lipinski definition) is 5. The highest BCUT2D eigenvalue weighted by molar-refractivity contribution is 7.12. The normalized spacial score (nSPS) is 18.2. The summed E-state index contributed by atoms with van der Waals surface area (Å²) in [5, 5.41) is 1.85. The quantitative estimate of drug-likeness (QED) is 0.752. The summed E-state index contributed by atoms with van der Waals surface area (Å²) in [6.07, 6.45) is 2.21. The average Bonchev–Trinajstić information content (AvgIpc) is 3.35. The van der Waals surface area contributed by atoms with Gasteiger partial charge < -0.3 is 14.7 Å². The van der Waals surface area contributed by atoms with Crippen molar-refractivity contribution in [2.45, 2.75) is 12.8 Å². The molecule has 0 saturated carbocycles. The largest absolute Gasteiger partial charge is 0.342 e. The highest BCUT2D eigenvalue weighted by Crippen LogP contribution is 2.12. The Kier molecular flexibility index (Phi) is 6.26. The van der Waals surface area contributed by atoms with Crippen LogP contribution in [0.25, 0.3) is 0 Å². The first-order valence-corrected chi connectivity index (χ1v) is 9.99. The maximum Gasteiger partial charge on any atom is 0.264 e. The molecule has 2 aliphatic heterocycles. The molecule has 2 aliphatic rings. The third-order valence-electron chi connectivity index (χ3n) is 4.99. The van der Waals surface area contributed by atoms with Crippen LogP contribution < -0.4 is 0 Å². The Bertz CT molecular complexity index is 635. The van der Waals surface area contributed by atoms with Crippen LogP contribution in [-0.2, 0) is 9.59 Å². The van der Waals surface area contributed by atoms with Crippen LogP contribution in [0.4, 0.5) is 0 Å². The fourth-order valence-corrected chi connectivity index (χ4v) is 4.09. The van der Waals surface area contributed by atoms with Crippen LogP contribution >= 0.6 is 11.3 Å². The maximum atomic E-state index is 12.5. The number of nitrogens with zero attached hydrogens (tertiary/aromatic N) is 4. The fourth-order valence-electron chi connectivity index (χ4n) is 3.38. The average molecular weight is 378 g/mol. The van der Waals surface area contributed by atoms with Crippen molar-refractivity contribution < 1.29 is 14.4 Å². The molecule has 3 heterocycles. The molecule has 0 aromatic carbocycles. The van der Waals surface area contributed by atoms with Crippen LogP contribution in [0.5, 0.6) is 0 Å². The first-order chi connectivity index (χ1) is 12.5. The van der Waals surface area contributed by atoms with E-state index >= 15 is 0 Å². The van der Waals surface area contributed by atoms with E-state index in [0.717, 1.165) is 25.9 Å². The molecule has 0 unspecified atom stereocenters. The molecular weight excluding hydrogens is 352 g/mol. The van der Waals surface area contributed by atoms with Crippen LogP contribution in [-0.4, -0.2) is 96.7 Å². The first-order valence-electron chi connectivity index (χ1n) is 9.11. The van der Waals surface area contributed by atoms with Crippen LogP contribution in [0.1, 0.15) is 22.5 Å². The molecule has 0 radical (unpaired) electrons. The molecule has 0 N–H and O–H groups in total. The van der Waals surface area contributed by atoms with Gasteiger partial charge in [-0.05, 0) is 24.3 Å². The summed E-state index contributed by atoms with van der Waals surface area (Å²) in [5.74, 6) is 0.0367. The lowest BCUT2D eigenvalue weighted by molar-refractivity contribution is -0.135. The number of thiophene rings is 1. The topological polar surface area (TPSA) is 64.2 Å². The molecule has 7 nitrogen and oxygen atoms in total. The van der Waals surface area contributed by atoms with E-state index in [0.29, 0.717) is 37.6 Å². The van der Waals surface area contributed by atoms with Crippen molar-refractivity contribution >= 4 is 29.1 Å². The van der Waals surface area contributed by atoms with Gasteiger partial charge >= 0.3 is 0 Å². The smallest absolute Gasteiger partial charge is 0.264 e. The lowest BCUT2D eigenvalue weighted by atomic mass is 10.3. The van der Waals surface area contributed by atoms with E-state index < -0.39 is 0 Å². The third kappa shape index (κ3) is 4.62. The van der Waals surface area contributed by atoms with Gasteiger partial charge in [0.15, 0.2) is 0 Å². The summed E-state index contributed by atoms with van der Waals surface area (Å²) in [7, 11) is 1.66. The number of hydrogen-bond donors (Lipinski definition) is 0. The van der Waals surface area contributed by atoms with Gasteiger partial charge in [0, 0.05) is 46.3 Å². The zero-order chi connectivity index (χ0) is 18.5. The third-order valence-corrected chi connectivity index (χ3v) is 5.85. The number of likely N-dealkylation sites (N-methyl/N-ethyl adjacent to an activating group) is 1. The van der Waals surface area contributed by atoms with E-state index in [1.54, 1.807) is 18.0 Å². The van der Waals surface area contributed by atoms with Gasteiger partial charge in [0.1, 0.15) is 0 Å². The highest BCUT2D eigenvalue weighted by Gasteiger charge is 2.26. The van der Waals surface area contributed by atoms with Gasteiger partial charge in [-0.2, -0.15) is 0 Å². The van der Waals surface area contributed by atoms with E-state index in [2.05, 4.69) is 4.90 Å². The maximum absolute atomic E-state index is 12.5. The zero-order valence-electron chi connectivity index (χ0n) is 15.2. The van der Waals surface area contributed by atoms with Crippen LogP contribution in [0.3, 0.4) is 0 Å². The minimum Gasteiger partial charge on any atom is -0.342 e. The van der Waals surface area contributed by atoms with E-state index in [-0.39, 0.29) is 24.3 Å². The Morgan fingerprint density at radius 2 is 1.65 bits per heavy atom. The Morgan fingerprint density at radius 3 is 2.27 bits per heavy atom. The SMILES string of the molecule is CN(CC(=O)N1CCN(CC(=O)N2CCCC2)CC1)C(=O)c1cccs1. The van der Waals surface area contributed by atoms with Gasteiger partial charge in [-0.3, -0.25) is 19.3 Å². The molecule has 0 spiro atoms. The van der Waals surface area contributed by atoms with Gasteiger partial charge in [-0.25, -0.2) is 0 Å². The van der Waals surface area contributed by atoms with Crippen LogP contribution in [0.15, 0.2) is 17.5 Å². The van der Waals surface area contributed by atoms with Crippen LogP contribution in [0.2, 0.25) is 0 Å². The second-order valence-corrected chi connectivity index (χ2v) is 7.83. The van der Waals surface area contributed by atoms with E-state index in [1.807, 2.05) is 16.3 Å². The molecule has 2 fully saturated rings. The molecule has 0 aliphatic carbocycles. The number of piperazine rings is 1. The molecule has 0 atom stereocenters. The fraction of sp³-hybridized carbons (Fsp3) is 0.611. The Hall–Kier alpha value is -1.93. The molecule has 1 aromatic rings. The first kappa shape index (κ1) is 18.8. The Morgan fingerprint density at radius 1 is 1.00 bits per heavy atom. The minimum absolute atomic E-state index is 0.0390. The zero-order valence-corrected chi connectivity index (χ0v) is 16.0. The summed E-state index contributed by atoms with van der Waals surface area (Å²) in [4.78, 5) is 44.9. The molecule has 8 heteroatoms. The van der Waals surface area contributed by atoms with Crippen molar-refractivity contribution in [2.24, 2.45) is 0 Å². The van der Waals surface area contributed by atoms with E-state index in [9.17, 15) is 14.4 Å². The summed E-state index contributed by atoms with van der Waals surface area (Å²) >= 11 is 1.38. The predicted molar refractivity (Wildman–Crippen MR) is 100 cm³/mol. The second kappa shape index (κ2) is 8.64. The lowest BCUT2D eigenvalue weighted by Gasteiger charge is -2.35. The molecule has 26 heavy (non-hydrogen) atoms. The van der Waals surface area contributed by atoms with Gasteiger partial charge in [0.05, 0.1) is 18.0 Å². The number of amides is 3. The van der Waals surface area contributed by atoms with E-state index in [1.165, 1.54) is 16.2 Å². The van der Waals surface area contributed by atoms with Crippen molar-refractivity contribution in [2.75, 3.05) is 59.4 Å². The number of likely N-dealkylation sites (tertiary alicyclic amines) is 1. The highest BCUT2D eigenvalue weighted by atomic mass is 32.1. The van der Waals surface area contributed by atoms with Crippen molar-refractivity contribution in [3.63, 3.8) is 0 Å². The van der Waals surface area contributed by atoms with Gasteiger partial charge in [-0.15, -0.1) is 11.3 Å². The van der Waals surface area contributed by atoms with Crippen molar-refractivity contribution in [1.82, 2.24) is 19.6 Å². The second-order valence-electron chi connectivity index (χ2n) is 6.88. The molecule has 3 rings (SSSR count). The number of carbonyl (C=O) groups is 3. The predicted octanol–water partition coefficient (Wildman–Crippen LogP) is 0.587. The molecule has 3 amide bonds. The molecule has 2 saturated heterocycles. The van der Waals surface area contributed by atoms with Gasteiger partial charge in [-0.1, -0.05) is 6.07 Å². The Balaban J connectivity index is 1.41. The van der Waals surface area contributed by atoms with Gasteiger partial charge in [0.25, 0.3) is 5.91 Å². The van der Waals surface area contributed by atoms with Crippen molar-refractivity contribution in [1.29, 1.82) is 0 Å². The molecular formula is C18H26N4O3S. The van der Waals surface area contributed by atoms with Crippen LogP contribution in [0, 0.1) is 0 Å². The molecule has 1 aromatic heterocycles. The molecule has 0 bridgehead atoms. The summed E-state index contributed by atoms with van der Waals surface area (Å²) in [6.45, 7) is 4.90. The number of rotatable bonds is 5. The number of carbonyl (C=O) groups excluding carboxylic acids is 3.